The Morgan fingerprint density at radius 3 is 2.40 bits per heavy atom. The van der Waals surface area contributed by atoms with E-state index in [0.29, 0.717) is 24.0 Å². The molecule has 0 spiro atoms. The van der Waals surface area contributed by atoms with Crippen LogP contribution in [0, 0.1) is 6.92 Å². The van der Waals surface area contributed by atoms with E-state index < -0.39 is 11.7 Å². The molecule has 1 aliphatic carbocycles. The molecule has 0 unspecified atom stereocenters. The Morgan fingerprint density at radius 2 is 1.73 bits per heavy atom. The normalized spacial score (nSPS) is 14.8. The number of carbonyl (C=O) groups is 1. The van der Waals surface area contributed by atoms with Crippen molar-refractivity contribution in [3.05, 3.63) is 59.2 Å². The molecule has 3 rings (SSSR count). The molecule has 1 aliphatic rings. The lowest BCUT2D eigenvalue weighted by atomic mass is 9.81. The van der Waals surface area contributed by atoms with E-state index in [9.17, 15) is 4.79 Å². The topological polar surface area (TPSA) is 56.8 Å². The second-order valence-corrected chi connectivity index (χ2v) is 8.94. The Morgan fingerprint density at radius 1 is 1.03 bits per heavy atom. The summed E-state index contributed by atoms with van der Waals surface area (Å²) in [7, 11) is 0. The molecule has 0 heterocycles. The smallest absolute Gasteiger partial charge is 0.441 e. The van der Waals surface area contributed by atoms with Gasteiger partial charge >= 0.3 is 6.09 Å². The van der Waals surface area contributed by atoms with E-state index in [-0.39, 0.29) is 0 Å². The summed E-state index contributed by atoms with van der Waals surface area (Å²) in [5.74, 6) is 1.61. The summed E-state index contributed by atoms with van der Waals surface area (Å²) in [4.78, 5) is 18.0. The van der Waals surface area contributed by atoms with Crippen LogP contribution in [0.15, 0.2) is 42.5 Å². The van der Waals surface area contributed by atoms with Crippen LogP contribution in [0.25, 0.3) is 0 Å². The fourth-order valence-corrected chi connectivity index (χ4v) is 3.92. The van der Waals surface area contributed by atoms with Gasteiger partial charge in [0.1, 0.15) is 12.2 Å². The van der Waals surface area contributed by atoms with Crippen molar-refractivity contribution in [3.8, 4) is 11.5 Å². The fourth-order valence-electron chi connectivity index (χ4n) is 3.92. The van der Waals surface area contributed by atoms with E-state index >= 15 is 0 Å². The number of amides is 1. The van der Waals surface area contributed by atoms with Gasteiger partial charge in [0, 0.05) is 5.56 Å². The second kappa shape index (κ2) is 9.88. The van der Waals surface area contributed by atoms with Gasteiger partial charge in [0.15, 0.2) is 5.75 Å². The van der Waals surface area contributed by atoms with Crippen LogP contribution in [0.5, 0.6) is 11.5 Å². The number of rotatable bonds is 6. The number of hydroxylamine groups is 1. The Labute approximate surface area is 179 Å². The SMILES string of the molecule is Cc1ccc(OCc2ccccc2)c(ONC(=O)OC(C)(C)C)c1C1CCCCC1. The number of nitrogens with one attached hydrogen (secondary N) is 1. The lowest BCUT2D eigenvalue weighted by Crippen LogP contribution is -2.34. The van der Waals surface area contributed by atoms with Gasteiger partial charge in [0.25, 0.3) is 0 Å². The number of ether oxygens (including phenoxy) is 2. The van der Waals surface area contributed by atoms with Crippen LogP contribution in [0.1, 0.15) is 75.5 Å². The maximum atomic E-state index is 12.2. The molecule has 1 saturated carbocycles. The lowest BCUT2D eigenvalue weighted by Gasteiger charge is -2.27. The van der Waals surface area contributed by atoms with Crippen LogP contribution >= 0.6 is 0 Å². The minimum absolute atomic E-state index is 0.398. The fraction of sp³-hybridized carbons (Fsp3) is 0.480. The third-order valence-corrected chi connectivity index (χ3v) is 5.26. The van der Waals surface area contributed by atoms with Crippen LogP contribution in [0.3, 0.4) is 0 Å². The summed E-state index contributed by atoms with van der Waals surface area (Å²) >= 11 is 0. The van der Waals surface area contributed by atoms with Crippen molar-refractivity contribution in [1.82, 2.24) is 5.48 Å². The number of benzene rings is 2. The van der Waals surface area contributed by atoms with Gasteiger partial charge in [-0.25, -0.2) is 4.79 Å². The van der Waals surface area contributed by atoms with E-state index in [0.717, 1.165) is 29.5 Å². The first-order valence-corrected chi connectivity index (χ1v) is 10.8. The molecule has 2 aromatic carbocycles. The molecular formula is C25H33NO4. The van der Waals surface area contributed by atoms with Crippen molar-refractivity contribution in [2.75, 3.05) is 0 Å². The first kappa shape index (κ1) is 22.0. The highest BCUT2D eigenvalue weighted by Crippen LogP contribution is 2.43. The summed E-state index contributed by atoms with van der Waals surface area (Å²) in [5.41, 5.74) is 5.20. The highest BCUT2D eigenvalue weighted by molar-refractivity contribution is 5.67. The number of hydrogen-bond donors (Lipinski definition) is 1. The van der Waals surface area contributed by atoms with Gasteiger partial charge in [-0.05, 0) is 63.6 Å². The Hall–Kier alpha value is -2.69. The molecule has 5 heteroatoms. The zero-order valence-corrected chi connectivity index (χ0v) is 18.5. The van der Waals surface area contributed by atoms with E-state index in [1.54, 1.807) is 0 Å². The molecule has 1 N–H and O–H groups in total. The summed E-state index contributed by atoms with van der Waals surface area (Å²) in [6.45, 7) is 7.98. The number of carbonyl (C=O) groups excluding carboxylic acids is 1. The third-order valence-electron chi connectivity index (χ3n) is 5.26. The highest BCUT2D eigenvalue weighted by atomic mass is 16.7. The van der Waals surface area contributed by atoms with Crippen LogP contribution < -0.4 is 15.1 Å². The Balaban J connectivity index is 1.85. The van der Waals surface area contributed by atoms with Gasteiger partial charge in [0.2, 0.25) is 5.75 Å². The Bertz CT molecular complexity index is 836. The summed E-state index contributed by atoms with van der Waals surface area (Å²) < 4.78 is 11.5. The van der Waals surface area contributed by atoms with Crippen LogP contribution in [-0.4, -0.2) is 11.7 Å². The average Bonchev–Trinajstić information content (AvgIpc) is 2.71. The first-order chi connectivity index (χ1) is 14.3. The van der Waals surface area contributed by atoms with Crippen LogP contribution in [0.2, 0.25) is 0 Å². The van der Waals surface area contributed by atoms with Crippen molar-refractivity contribution < 1.29 is 19.1 Å². The highest BCUT2D eigenvalue weighted by Gasteiger charge is 2.26. The summed E-state index contributed by atoms with van der Waals surface area (Å²) in [5, 5.41) is 0. The predicted molar refractivity (Wildman–Crippen MR) is 118 cm³/mol. The van der Waals surface area contributed by atoms with Crippen molar-refractivity contribution in [1.29, 1.82) is 0 Å². The third kappa shape index (κ3) is 6.15. The van der Waals surface area contributed by atoms with Gasteiger partial charge in [-0.3, -0.25) is 0 Å². The summed E-state index contributed by atoms with van der Waals surface area (Å²) in [6.07, 6.45) is 5.30. The van der Waals surface area contributed by atoms with E-state index in [4.69, 9.17) is 14.3 Å². The van der Waals surface area contributed by atoms with Crippen molar-refractivity contribution in [2.24, 2.45) is 0 Å². The quantitative estimate of drug-likeness (QED) is 0.556. The molecule has 1 fully saturated rings. The summed E-state index contributed by atoms with van der Waals surface area (Å²) in [6, 6.07) is 14.0. The second-order valence-electron chi connectivity index (χ2n) is 8.94. The number of aryl methyl sites for hydroxylation is 1. The monoisotopic (exact) mass is 411 g/mol. The zero-order valence-electron chi connectivity index (χ0n) is 18.5. The standard InChI is InChI=1S/C25H33NO4/c1-18-15-16-21(28-17-19-11-7-5-8-12-19)23(22(18)20-13-9-6-10-14-20)30-26-24(27)29-25(2,3)4/h5,7-8,11-12,15-16,20H,6,9-10,13-14,17H2,1-4H3,(H,26,27). The van der Waals surface area contributed by atoms with Gasteiger partial charge < -0.3 is 14.3 Å². The van der Waals surface area contributed by atoms with Crippen LogP contribution in [-0.2, 0) is 11.3 Å². The molecule has 0 aliphatic heterocycles. The minimum atomic E-state index is -0.618. The molecule has 5 nitrogen and oxygen atoms in total. The molecular weight excluding hydrogens is 378 g/mol. The molecule has 30 heavy (non-hydrogen) atoms. The minimum Gasteiger partial charge on any atom is -0.485 e. The van der Waals surface area contributed by atoms with Crippen molar-refractivity contribution in [2.45, 2.75) is 77.9 Å². The zero-order chi connectivity index (χ0) is 21.6. The maximum absolute atomic E-state index is 12.2. The molecule has 2 aromatic rings. The van der Waals surface area contributed by atoms with E-state index in [1.807, 2.05) is 57.2 Å². The molecule has 162 valence electrons. The van der Waals surface area contributed by atoms with Gasteiger partial charge in [-0.2, -0.15) is 5.48 Å². The van der Waals surface area contributed by atoms with E-state index in [2.05, 4.69) is 18.5 Å². The molecule has 0 radical (unpaired) electrons. The lowest BCUT2D eigenvalue weighted by molar-refractivity contribution is 0.0278. The maximum Gasteiger partial charge on any atom is 0.441 e. The van der Waals surface area contributed by atoms with Gasteiger partial charge in [-0.15, -0.1) is 0 Å². The van der Waals surface area contributed by atoms with Gasteiger partial charge in [0.05, 0.1) is 0 Å². The van der Waals surface area contributed by atoms with Crippen molar-refractivity contribution >= 4 is 6.09 Å². The average molecular weight is 412 g/mol. The molecule has 0 atom stereocenters. The van der Waals surface area contributed by atoms with E-state index in [1.165, 1.54) is 19.3 Å². The first-order valence-electron chi connectivity index (χ1n) is 10.8. The van der Waals surface area contributed by atoms with Crippen molar-refractivity contribution in [3.63, 3.8) is 0 Å². The number of hydrogen-bond acceptors (Lipinski definition) is 4. The molecule has 0 aromatic heterocycles. The largest absolute Gasteiger partial charge is 0.485 e. The predicted octanol–water partition coefficient (Wildman–Crippen LogP) is 6.44. The molecule has 0 saturated heterocycles. The Kier molecular flexibility index (Phi) is 7.24. The molecule has 1 amide bonds. The van der Waals surface area contributed by atoms with Gasteiger partial charge in [-0.1, -0.05) is 55.7 Å². The van der Waals surface area contributed by atoms with Crippen LogP contribution in [0.4, 0.5) is 4.79 Å². The molecule has 0 bridgehead atoms.